The van der Waals surface area contributed by atoms with E-state index in [0.717, 1.165) is 9.13 Å². The lowest BCUT2D eigenvalue weighted by atomic mass is 9.82. The van der Waals surface area contributed by atoms with Crippen molar-refractivity contribution in [3.63, 3.8) is 0 Å². The number of rotatable bonds is 5. The second-order valence-electron chi connectivity index (χ2n) is 5.01. The zero-order chi connectivity index (χ0) is 13.1. The van der Waals surface area contributed by atoms with E-state index in [1.807, 2.05) is 38.1 Å². The summed E-state index contributed by atoms with van der Waals surface area (Å²) in [5, 5.41) is 18.9. The molecule has 0 spiro atoms. The molecule has 17 heavy (non-hydrogen) atoms. The first-order valence-corrected chi connectivity index (χ1v) is 6.53. The van der Waals surface area contributed by atoms with E-state index in [2.05, 4.69) is 22.6 Å². The van der Waals surface area contributed by atoms with Crippen LogP contribution in [0.15, 0.2) is 24.3 Å². The molecule has 1 aromatic carbocycles. The molecule has 0 aliphatic rings. The molecular formula is C13H17IO3. The highest BCUT2D eigenvalue weighted by atomic mass is 127. The minimum Gasteiger partial charge on any atom is -0.481 e. The Morgan fingerprint density at radius 3 is 2.35 bits per heavy atom. The minimum absolute atomic E-state index is 0.0639. The molecule has 0 radical (unpaired) electrons. The van der Waals surface area contributed by atoms with Gasteiger partial charge in [-0.15, -0.1) is 0 Å². The molecule has 1 unspecified atom stereocenters. The lowest BCUT2D eigenvalue weighted by Crippen LogP contribution is -2.20. The lowest BCUT2D eigenvalue weighted by Gasteiger charge is -2.25. The maximum atomic E-state index is 10.7. The summed E-state index contributed by atoms with van der Waals surface area (Å²) in [4.78, 5) is 10.7. The standard InChI is InChI=1S/C13H17IO3/c1-13(2,8-12(16)17)7-11(15)9-3-5-10(14)6-4-9/h3-6,11,15H,7-8H2,1-2H3,(H,16,17). The van der Waals surface area contributed by atoms with Gasteiger partial charge in [-0.05, 0) is 52.1 Å². The molecule has 0 aliphatic heterocycles. The largest absolute Gasteiger partial charge is 0.481 e. The Bertz CT molecular complexity index is 384. The number of carbonyl (C=O) groups is 1. The second-order valence-corrected chi connectivity index (χ2v) is 6.25. The van der Waals surface area contributed by atoms with Crippen molar-refractivity contribution in [2.24, 2.45) is 5.41 Å². The molecule has 3 nitrogen and oxygen atoms in total. The first-order valence-electron chi connectivity index (χ1n) is 5.45. The van der Waals surface area contributed by atoms with Crippen LogP contribution in [-0.4, -0.2) is 16.2 Å². The zero-order valence-electron chi connectivity index (χ0n) is 9.98. The summed E-state index contributed by atoms with van der Waals surface area (Å²) in [7, 11) is 0. The summed E-state index contributed by atoms with van der Waals surface area (Å²) in [6.07, 6.45) is -0.102. The van der Waals surface area contributed by atoms with Crippen LogP contribution in [-0.2, 0) is 4.79 Å². The van der Waals surface area contributed by atoms with Crippen LogP contribution in [0.3, 0.4) is 0 Å². The third-order valence-corrected chi connectivity index (χ3v) is 3.35. The summed E-state index contributed by atoms with van der Waals surface area (Å²) >= 11 is 2.20. The van der Waals surface area contributed by atoms with E-state index >= 15 is 0 Å². The molecule has 0 saturated carbocycles. The van der Waals surface area contributed by atoms with E-state index in [0.29, 0.717) is 6.42 Å². The van der Waals surface area contributed by atoms with Crippen molar-refractivity contribution in [3.05, 3.63) is 33.4 Å². The molecule has 4 heteroatoms. The van der Waals surface area contributed by atoms with Crippen LogP contribution in [0.4, 0.5) is 0 Å². The van der Waals surface area contributed by atoms with E-state index in [4.69, 9.17) is 5.11 Å². The normalized spacial score (nSPS) is 13.4. The number of carboxylic acids is 1. The van der Waals surface area contributed by atoms with Crippen molar-refractivity contribution in [2.45, 2.75) is 32.8 Å². The Hall–Kier alpha value is -0.620. The Morgan fingerprint density at radius 2 is 1.88 bits per heavy atom. The number of hydrogen-bond donors (Lipinski definition) is 2. The summed E-state index contributed by atoms with van der Waals surface area (Å²) < 4.78 is 1.11. The molecule has 1 rings (SSSR count). The molecule has 2 N–H and O–H groups in total. The molecule has 0 saturated heterocycles. The molecule has 94 valence electrons. The van der Waals surface area contributed by atoms with Crippen LogP contribution in [0.1, 0.15) is 38.4 Å². The molecule has 1 aromatic rings. The van der Waals surface area contributed by atoms with Crippen molar-refractivity contribution in [1.82, 2.24) is 0 Å². The van der Waals surface area contributed by atoms with Crippen molar-refractivity contribution in [1.29, 1.82) is 0 Å². The van der Waals surface area contributed by atoms with Gasteiger partial charge in [0.15, 0.2) is 0 Å². The van der Waals surface area contributed by atoms with E-state index in [-0.39, 0.29) is 6.42 Å². The topological polar surface area (TPSA) is 57.5 Å². The highest BCUT2D eigenvalue weighted by Gasteiger charge is 2.25. The second kappa shape index (κ2) is 5.82. The molecule has 0 fully saturated rings. The van der Waals surface area contributed by atoms with Crippen molar-refractivity contribution in [2.75, 3.05) is 0 Å². The monoisotopic (exact) mass is 348 g/mol. The summed E-state index contributed by atoms with van der Waals surface area (Å²) in [6, 6.07) is 7.62. The fraction of sp³-hybridized carbons (Fsp3) is 0.462. The zero-order valence-corrected chi connectivity index (χ0v) is 12.1. The van der Waals surface area contributed by atoms with E-state index in [9.17, 15) is 9.90 Å². The average molecular weight is 348 g/mol. The average Bonchev–Trinajstić information content (AvgIpc) is 2.15. The van der Waals surface area contributed by atoms with Crippen LogP contribution in [0.2, 0.25) is 0 Å². The number of aliphatic hydroxyl groups is 1. The molecule has 0 bridgehead atoms. The van der Waals surface area contributed by atoms with Crippen LogP contribution < -0.4 is 0 Å². The number of halogens is 1. The van der Waals surface area contributed by atoms with Gasteiger partial charge in [0.1, 0.15) is 0 Å². The van der Waals surface area contributed by atoms with Gasteiger partial charge in [-0.3, -0.25) is 4.79 Å². The van der Waals surface area contributed by atoms with E-state index in [1.54, 1.807) is 0 Å². The predicted octanol–water partition coefficient (Wildman–Crippen LogP) is 3.22. The van der Waals surface area contributed by atoms with Crippen LogP contribution in [0, 0.1) is 8.99 Å². The van der Waals surface area contributed by atoms with Crippen molar-refractivity contribution < 1.29 is 15.0 Å². The van der Waals surface area contributed by atoms with Gasteiger partial charge in [-0.1, -0.05) is 26.0 Å². The number of hydrogen-bond acceptors (Lipinski definition) is 2. The van der Waals surface area contributed by atoms with Gasteiger partial charge < -0.3 is 10.2 Å². The van der Waals surface area contributed by atoms with Crippen molar-refractivity contribution in [3.8, 4) is 0 Å². The highest BCUT2D eigenvalue weighted by Crippen LogP contribution is 2.32. The maximum absolute atomic E-state index is 10.7. The van der Waals surface area contributed by atoms with Gasteiger partial charge in [0.2, 0.25) is 0 Å². The molecule has 0 aliphatic carbocycles. The Kier molecular flexibility index (Phi) is 4.94. The minimum atomic E-state index is -0.829. The summed E-state index contributed by atoms with van der Waals surface area (Å²) in [6.45, 7) is 3.72. The third-order valence-electron chi connectivity index (χ3n) is 2.63. The van der Waals surface area contributed by atoms with Crippen molar-refractivity contribution >= 4 is 28.6 Å². The molecule has 0 amide bonds. The summed E-state index contributed by atoms with van der Waals surface area (Å²) in [5.41, 5.74) is 0.428. The number of aliphatic hydroxyl groups excluding tert-OH is 1. The Labute approximate surface area is 115 Å². The van der Waals surface area contributed by atoms with Gasteiger partial charge in [0.05, 0.1) is 12.5 Å². The maximum Gasteiger partial charge on any atom is 0.303 e. The van der Waals surface area contributed by atoms with Gasteiger partial charge in [0.25, 0.3) is 0 Å². The quantitative estimate of drug-likeness (QED) is 0.804. The fourth-order valence-electron chi connectivity index (χ4n) is 1.81. The number of aliphatic carboxylic acids is 1. The Morgan fingerprint density at radius 1 is 1.35 bits per heavy atom. The molecule has 0 aromatic heterocycles. The van der Waals surface area contributed by atoms with Crippen LogP contribution in [0.25, 0.3) is 0 Å². The van der Waals surface area contributed by atoms with Gasteiger partial charge in [-0.2, -0.15) is 0 Å². The Balaban J connectivity index is 2.68. The van der Waals surface area contributed by atoms with E-state index < -0.39 is 17.5 Å². The summed E-state index contributed by atoms with van der Waals surface area (Å²) in [5.74, 6) is -0.829. The van der Waals surface area contributed by atoms with Gasteiger partial charge in [-0.25, -0.2) is 0 Å². The first kappa shape index (κ1) is 14.4. The molecule has 0 heterocycles. The lowest BCUT2D eigenvalue weighted by molar-refractivity contribution is -0.139. The highest BCUT2D eigenvalue weighted by molar-refractivity contribution is 14.1. The molecule has 1 atom stereocenters. The SMILES string of the molecule is CC(C)(CC(=O)O)CC(O)c1ccc(I)cc1. The van der Waals surface area contributed by atoms with Gasteiger partial charge >= 0.3 is 5.97 Å². The van der Waals surface area contributed by atoms with Crippen LogP contribution in [0.5, 0.6) is 0 Å². The smallest absolute Gasteiger partial charge is 0.303 e. The third kappa shape index (κ3) is 5.04. The first-order chi connectivity index (χ1) is 7.80. The predicted molar refractivity (Wildman–Crippen MR) is 74.8 cm³/mol. The van der Waals surface area contributed by atoms with E-state index in [1.165, 1.54) is 0 Å². The number of benzene rings is 1. The van der Waals surface area contributed by atoms with Crippen LogP contribution >= 0.6 is 22.6 Å². The fourth-order valence-corrected chi connectivity index (χ4v) is 2.17. The van der Waals surface area contributed by atoms with Gasteiger partial charge in [0, 0.05) is 3.57 Å². The molecular weight excluding hydrogens is 331 g/mol. The number of carboxylic acid groups (broad SMARTS) is 1.